The molecule has 0 atom stereocenters. The Balaban J connectivity index is 3.55. The average Bonchev–Trinajstić information content (AvgIpc) is 1.64. The first-order valence-electron chi connectivity index (χ1n) is 3.22. The maximum Gasteiger partial charge on any atom is -0.00159 e. The first kappa shape index (κ1) is 9.09. The van der Waals surface area contributed by atoms with E-state index in [9.17, 15) is 0 Å². The van der Waals surface area contributed by atoms with Gasteiger partial charge in [-0.05, 0) is 23.8 Å². The summed E-state index contributed by atoms with van der Waals surface area (Å²) in [5.74, 6) is 1.22. The molecular formula is C8H16S. The molecule has 0 fully saturated rings. The van der Waals surface area contributed by atoms with Crippen molar-refractivity contribution in [3.8, 4) is 0 Å². The summed E-state index contributed by atoms with van der Waals surface area (Å²) in [7, 11) is 0. The molecule has 0 nitrogen and oxygen atoms in total. The Morgan fingerprint density at radius 1 is 1.56 bits per heavy atom. The quantitative estimate of drug-likeness (QED) is 0.547. The molecule has 0 aromatic rings. The van der Waals surface area contributed by atoms with Gasteiger partial charge in [0.15, 0.2) is 0 Å². The normalized spacial score (nSPS) is 11.4. The van der Waals surface area contributed by atoms with Gasteiger partial charge in [-0.2, -0.15) is 11.8 Å². The number of hydrogen-bond donors (Lipinski definition) is 0. The lowest BCUT2D eigenvalue weighted by molar-refractivity contribution is 0.432. The van der Waals surface area contributed by atoms with Gasteiger partial charge in [0.05, 0.1) is 0 Å². The van der Waals surface area contributed by atoms with Crippen LogP contribution in [0.2, 0.25) is 0 Å². The summed E-state index contributed by atoms with van der Waals surface area (Å²) in [5.41, 5.74) is 0.446. The summed E-state index contributed by atoms with van der Waals surface area (Å²) >= 11 is 1.90. The third-order valence-corrected chi connectivity index (χ3v) is 2.30. The van der Waals surface area contributed by atoms with Crippen molar-refractivity contribution in [2.24, 2.45) is 5.41 Å². The molecule has 0 spiro atoms. The standard InChI is InChI=1S/C8H16S/c1-5-6-8(2,3)7-9-4/h5H,1,6-7H2,2-4H3. The van der Waals surface area contributed by atoms with Gasteiger partial charge in [0.1, 0.15) is 0 Å². The van der Waals surface area contributed by atoms with Crippen molar-refractivity contribution in [1.29, 1.82) is 0 Å². The van der Waals surface area contributed by atoms with E-state index in [2.05, 4.69) is 26.7 Å². The second kappa shape index (κ2) is 3.99. The molecule has 0 aliphatic heterocycles. The highest BCUT2D eigenvalue weighted by atomic mass is 32.2. The molecule has 9 heavy (non-hydrogen) atoms. The summed E-state index contributed by atoms with van der Waals surface area (Å²) in [6.07, 6.45) is 5.26. The van der Waals surface area contributed by atoms with Crippen LogP contribution in [0.5, 0.6) is 0 Å². The van der Waals surface area contributed by atoms with Crippen molar-refractivity contribution in [1.82, 2.24) is 0 Å². The van der Waals surface area contributed by atoms with Crippen LogP contribution >= 0.6 is 11.8 Å². The van der Waals surface area contributed by atoms with E-state index in [1.54, 1.807) is 0 Å². The molecule has 0 rings (SSSR count). The minimum atomic E-state index is 0.446. The largest absolute Gasteiger partial charge is 0.165 e. The topological polar surface area (TPSA) is 0 Å². The molecular weight excluding hydrogens is 128 g/mol. The zero-order valence-corrected chi connectivity index (χ0v) is 7.42. The first-order chi connectivity index (χ1) is 4.12. The highest BCUT2D eigenvalue weighted by Gasteiger charge is 2.13. The number of thioether (sulfide) groups is 1. The highest BCUT2D eigenvalue weighted by molar-refractivity contribution is 7.98. The summed E-state index contributed by atoms with van der Waals surface area (Å²) in [6.45, 7) is 8.26. The molecule has 0 heterocycles. The van der Waals surface area contributed by atoms with Crippen LogP contribution in [0.4, 0.5) is 0 Å². The van der Waals surface area contributed by atoms with Crippen LogP contribution in [0, 0.1) is 5.41 Å². The highest BCUT2D eigenvalue weighted by Crippen LogP contribution is 2.24. The molecule has 0 unspecified atom stereocenters. The SMILES string of the molecule is C=CCC(C)(C)CSC. The molecule has 1 heteroatoms. The smallest absolute Gasteiger partial charge is 0.00159 e. The van der Waals surface area contributed by atoms with E-state index in [-0.39, 0.29) is 0 Å². The predicted octanol–water partition coefficient (Wildman–Crippen LogP) is 2.95. The lowest BCUT2D eigenvalue weighted by Gasteiger charge is -2.20. The minimum Gasteiger partial charge on any atom is -0.165 e. The van der Waals surface area contributed by atoms with E-state index in [1.165, 1.54) is 5.75 Å². The van der Waals surface area contributed by atoms with E-state index >= 15 is 0 Å². The van der Waals surface area contributed by atoms with Gasteiger partial charge >= 0.3 is 0 Å². The van der Waals surface area contributed by atoms with Gasteiger partial charge in [-0.15, -0.1) is 6.58 Å². The van der Waals surface area contributed by atoms with Crippen LogP contribution in [-0.2, 0) is 0 Å². The van der Waals surface area contributed by atoms with Crippen LogP contribution in [0.3, 0.4) is 0 Å². The minimum absolute atomic E-state index is 0.446. The predicted molar refractivity (Wildman–Crippen MR) is 47.0 cm³/mol. The fraction of sp³-hybridized carbons (Fsp3) is 0.750. The Kier molecular flexibility index (Phi) is 4.03. The van der Waals surface area contributed by atoms with Gasteiger partial charge in [0.2, 0.25) is 0 Å². The Labute approximate surface area is 62.7 Å². The van der Waals surface area contributed by atoms with E-state index in [0.29, 0.717) is 5.41 Å². The van der Waals surface area contributed by atoms with Crippen molar-refractivity contribution >= 4 is 11.8 Å². The van der Waals surface area contributed by atoms with E-state index in [1.807, 2.05) is 17.8 Å². The van der Waals surface area contributed by atoms with E-state index < -0.39 is 0 Å². The van der Waals surface area contributed by atoms with Crippen LogP contribution in [0.15, 0.2) is 12.7 Å². The molecule has 0 amide bonds. The van der Waals surface area contributed by atoms with Gasteiger partial charge in [0, 0.05) is 0 Å². The number of rotatable bonds is 4. The van der Waals surface area contributed by atoms with Gasteiger partial charge in [-0.3, -0.25) is 0 Å². The molecule has 0 aromatic heterocycles. The summed E-state index contributed by atoms with van der Waals surface area (Å²) in [5, 5.41) is 0. The van der Waals surface area contributed by atoms with Crippen LogP contribution in [0.25, 0.3) is 0 Å². The molecule has 54 valence electrons. The van der Waals surface area contributed by atoms with Crippen molar-refractivity contribution in [3.63, 3.8) is 0 Å². The van der Waals surface area contributed by atoms with Gasteiger partial charge in [0.25, 0.3) is 0 Å². The van der Waals surface area contributed by atoms with Gasteiger partial charge in [-0.25, -0.2) is 0 Å². The summed E-state index contributed by atoms with van der Waals surface area (Å²) < 4.78 is 0. The second-order valence-electron chi connectivity index (χ2n) is 3.09. The molecule has 0 aliphatic rings. The molecule has 0 bridgehead atoms. The fourth-order valence-electron chi connectivity index (χ4n) is 0.840. The van der Waals surface area contributed by atoms with Crippen molar-refractivity contribution in [2.75, 3.05) is 12.0 Å². The van der Waals surface area contributed by atoms with Gasteiger partial charge < -0.3 is 0 Å². The third kappa shape index (κ3) is 4.58. The fourth-order valence-corrected chi connectivity index (χ4v) is 1.74. The van der Waals surface area contributed by atoms with Crippen molar-refractivity contribution in [2.45, 2.75) is 20.3 Å². The summed E-state index contributed by atoms with van der Waals surface area (Å²) in [6, 6.07) is 0. The van der Waals surface area contributed by atoms with E-state index in [4.69, 9.17) is 0 Å². The molecule has 0 aliphatic carbocycles. The van der Waals surface area contributed by atoms with Gasteiger partial charge in [-0.1, -0.05) is 19.9 Å². The number of hydrogen-bond acceptors (Lipinski definition) is 1. The maximum atomic E-state index is 3.72. The van der Waals surface area contributed by atoms with Crippen LogP contribution < -0.4 is 0 Å². The zero-order valence-electron chi connectivity index (χ0n) is 6.61. The van der Waals surface area contributed by atoms with Crippen molar-refractivity contribution < 1.29 is 0 Å². The Morgan fingerprint density at radius 2 is 2.11 bits per heavy atom. The lowest BCUT2D eigenvalue weighted by Crippen LogP contribution is -2.12. The monoisotopic (exact) mass is 144 g/mol. The van der Waals surface area contributed by atoms with Crippen molar-refractivity contribution in [3.05, 3.63) is 12.7 Å². The molecule has 0 radical (unpaired) electrons. The maximum absolute atomic E-state index is 3.72. The number of allylic oxidation sites excluding steroid dienone is 1. The Bertz CT molecular complexity index is 84.6. The molecule has 0 N–H and O–H groups in total. The average molecular weight is 144 g/mol. The lowest BCUT2D eigenvalue weighted by atomic mass is 9.92. The summed E-state index contributed by atoms with van der Waals surface area (Å²) in [4.78, 5) is 0. The Morgan fingerprint density at radius 3 is 2.44 bits per heavy atom. The molecule has 0 saturated carbocycles. The van der Waals surface area contributed by atoms with Crippen LogP contribution in [0.1, 0.15) is 20.3 Å². The first-order valence-corrected chi connectivity index (χ1v) is 4.61. The van der Waals surface area contributed by atoms with Crippen LogP contribution in [-0.4, -0.2) is 12.0 Å². The molecule has 0 aromatic carbocycles. The molecule has 0 saturated heterocycles. The third-order valence-electron chi connectivity index (χ3n) is 1.23. The second-order valence-corrected chi connectivity index (χ2v) is 3.96. The Hall–Kier alpha value is 0.0900. The van der Waals surface area contributed by atoms with E-state index in [0.717, 1.165) is 6.42 Å². The zero-order chi connectivity index (χ0) is 7.33.